The van der Waals surface area contributed by atoms with E-state index in [2.05, 4.69) is 50.6 Å². The smallest absolute Gasteiger partial charge is 0.122 e. The normalized spacial score (nSPS) is 10.2. The van der Waals surface area contributed by atoms with Crippen LogP contribution < -0.4 is 9.64 Å². The number of aryl methyl sites for hydroxylation is 2. The van der Waals surface area contributed by atoms with E-state index in [-0.39, 0.29) is 0 Å². The van der Waals surface area contributed by atoms with Gasteiger partial charge >= 0.3 is 0 Å². The van der Waals surface area contributed by atoms with Crippen LogP contribution in [-0.2, 0) is 0 Å². The summed E-state index contributed by atoms with van der Waals surface area (Å²) in [7, 11) is 3.79. The lowest BCUT2D eigenvalue weighted by Crippen LogP contribution is -2.20. The summed E-state index contributed by atoms with van der Waals surface area (Å²) < 4.78 is 5.29. The van der Waals surface area contributed by atoms with Gasteiger partial charge in [0.2, 0.25) is 0 Å². The molecule has 1 rings (SSSR count). The number of nitrogens with zero attached hydrogens (tertiary/aromatic N) is 1. The van der Waals surface area contributed by atoms with Gasteiger partial charge in [-0.2, -0.15) is 12.6 Å². The van der Waals surface area contributed by atoms with Crippen molar-refractivity contribution in [2.24, 2.45) is 0 Å². The minimum absolute atomic E-state index is 0.862. The van der Waals surface area contributed by atoms with Gasteiger partial charge in [-0.1, -0.05) is 0 Å². The number of methoxy groups -OCH3 is 1. The molecule has 1 aromatic rings. The van der Waals surface area contributed by atoms with Gasteiger partial charge in [0.1, 0.15) is 5.75 Å². The fourth-order valence-electron chi connectivity index (χ4n) is 1.68. The van der Waals surface area contributed by atoms with Crippen LogP contribution >= 0.6 is 12.6 Å². The Balaban J connectivity index is 3.04. The quantitative estimate of drug-likeness (QED) is 0.791. The number of anilines is 1. The summed E-state index contributed by atoms with van der Waals surface area (Å²) in [6.45, 7) is 5.12. The van der Waals surface area contributed by atoms with Gasteiger partial charge in [-0.25, -0.2) is 0 Å². The molecule has 0 aliphatic carbocycles. The second kappa shape index (κ2) is 5.31. The van der Waals surface area contributed by atoms with E-state index in [9.17, 15) is 0 Å². The standard InChI is InChI=1S/C12H19NOS/c1-9-8-12(14-4)10(2)7-11(9)13(3)5-6-15/h7-8,15H,5-6H2,1-4H3. The van der Waals surface area contributed by atoms with Gasteiger partial charge in [0.15, 0.2) is 0 Å². The molecule has 0 atom stereocenters. The summed E-state index contributed by atoms with van der Waals surface area (Å²) in [5.74, 6) is 1.82. The maximum absolute atomic E-state index is 5.29. The average Bonchev–Trinajstić information content (AvgIpc) is 2.21. The molecule has 0 radical (unpaired) electrons. The summed E-state index contributed by atoms with van der Waals surface area (Å²) >= 11 is 4.24. The Morgan fingerprint density at radius 2 is 1.93 bits per heavy atom. The number of rotatable bonds is 4. The number of hydrogen-bond acceptors (Lipinski definition) is 3. The second-order valence-electron chi connectivity index (χ2n) is 3.75. The van der Waals surface area contributed by atoms with Gasteiger partial charge < -0.3 is 9.64 Å². The molecule has 84 valence electrons. The molecule has 0 fully saturated rings. The Bertz CT molecular complexity index is 339. The lowest BCUT2D eigenvalue weighted by atomic mass is 10.1. The van der Waals surface area contributed by atoms with E-state index in [1.807, 2.05) is 0 Å². The topological polar surface area (TPSA) is 12.5 Å². The summed E-state index contributed by atoms with van der Waals surface area (Å²) in [6, 6.07) is 4.25. The third-order valence-corrected chi connectivity index (χ3v) is 2.76. The molecule has 0 amide bonds. The molecule has 0 N–H and O–H groups in total. The fourth-order valence-corrected chi connectivity index (χ4v) is 1.98. The van der Waals surface area contributed by atoms with Gasteiger partial charge in [-0.3, -0.25) is 0 Å². The van der Waals surface area contributed by atoms with Gasteiger partial charge in [-0.15, -0.1) is 0 Å². The van der Waals surface area contributed by atoms with Crippen LogP contribution in [0.3, 0.4) is 0 Å². The van der Waals surface area contributed by atoms with Crippen molar-refractivity contribution in [1.82, 2.24) is 0 Å². The van der Waals surface area contributed by atoms with Crippen molar-refractivity contribution in [2.45, 2.75) is 13.8 Å². The van der Waals surface area contributed by atoms with E-state index >= 15 is 0 Å². The largest absolute Gasteiger partial charge is 0.496 e. The number of ether oxygens (including phenoxy) is 1. The third kappa shape index (κ3) is 2.81. The zero-order valence-electron chi connectivity index (χ0n) is 9.87. The summed E-state index contributed by atoms with van der Waals surface area (Å²) in [6.07, 6.45) is 0. The Morgan fingerprint density at radius 3 is 2.47 bits per heavy atom. The van der Waals surface area contributed by atoms with Crippen LogP contribution in [0.15, 0.2) is 12.1 Å². The maximum Gasteiger partial charge on any atom is 0.122 e. The number of benzene rings is 1. The van der Waals surface area contributed by atoms with Crippen molar-refractivity contribution < 1.29 is 4.74 Å². The Labute approximate surface area is 97.6 Å². The first-order chi connectivity index (χ1) is 7.10. The van der Waals surface area contributed by atoms with E-state index < -0.39 is 0 Å². The fraction of sp³-hybridized carbons (Fsp3) is 0.500. The maximum atomic E-state index is 5.29. The molecule has 0 aliphatic heterocycles. The molecule has 1 aromatic carbocycles. The molecule has 0 unspecified atom stereocenters. The highest BCUT2D eigenvalue weighted by Crippen LogP contribution is 2.27. The first kappa shape index (κ1) is 12.2. The van der Waals surface area contributed by atoms with Crippen molar-refractivity contribution >= 4 is 18.3 Å². The van der Waals surface area contributed by atoms with Crippen molar-refractivity contribution in [3.8, 4) is 5.75 Å². The molecule has 0 heterocycles. The molecule has 0 bridgehead atoms. The van der Waals surface area contributed by atoms with Crippen molar-refractivity contribution in [3.63, 3.8) is 0 Å². The van der Waals surface area contributed by atoms with Gasteiger partial charge in [-0.05, 0) is 37.1 Å². The van der Waals surface area contributed by atoms with E-state index in [1.54, 1.807) is 7.11 Å². The molecular formula is C12H19NOS. The van der Waals surface area contributed by atoms with Gasteiger partial charge in [0, 0.05) is 25.0 Å². The van der Waals surface area contributed by atoms with E-state index in [0.29, 0.717) is 0 Å². The highest BCUT2D eigenvalue weighted by molar-refractivity contribution is 7.80. The predicted molar refractivity (Wildman–Crippen MR) is 69.6 cm³/mol. The zero-order chi connectivity index (χ0) is 11.4. The van der Waals surface area contributed by atoms with Crippen LogP contribution in [0.2, 0.25) is 0 Å². The minimum atomic E-state index is 0.862. The highest BCUT2D eigenvalue weighted by Gasteiger charge is 2.07. The van der Waals surface area contributed by atoms with Crippen LogP contribution in [-0.4, -0.2) is 26.5 Å². The Morgan fingerprint density at radius 1 is 1.27 bits per heavy atom. The molecular weight excluding hydrogens is 206 g/mol. The molecule has 0 spiro atoms. The monoisotopic (exact) mass is 225 g/mol. The van der Waals surface area contributed by atoms with E-state index in [4.69, 9.17) is 4.74 Å². The SMILES string of the molecule is COc1cc(C)c(N(C)CCS)cc1C. The van der Waals surface area contributed by atoms with Crippen LogP contribution in [0.1, 0.15) is 11.1 Å². The van der Waals surface area contributed by atoms with Crippen molar-refractivity contribution in [2.75, 3.05) is 31.4 Å². The van der Waals surface area contributed by atoms with Crippen LogP contribution in [0.4, 0.5) is 5.69 Å². The molecule has 2 nitrogen and oxygen atoms in total. The molecule has 0 aromatic heterocycles. The van der Waals surface area contributed by atoms with Crippen molar-refractivity contribution in [3.05, 3.63) is 23.3 Å². The lowest BCUT2D eigenvalue weighted by molar-refractivity contribution is 0.411. The first-order valence-corrected chi connectivity index (χ1v) is 5.70. The van der Waals surface area contributed by atoms with Crippen molar-refractivity contribution in [1.29, 1.82) is 0 Å². The zero-order valence-corrected chi connectivity index (χ0v) is 10.8. The van der Waals surface area contributed by atoms with Gasteiger partial charge in [0.05, 0.1) is 7.11 Å². The molecule has 0 aliphatic rings. The molecule has 0 saturated heterocycles. The molecule has 15 heavy (non-hydrogen) atoms. The summed E-state index contributed by atoms with van der Waals surface area (Å²) in [4.78, 5) is 2.22. The average molecular weight is 225 g/mol. The van der Waals surface area contributed by atoms with E-state index in [0.717, 1.165) is 18.0 Å². The highest BCUT2D eigenvalue weighted by atomic mass is 32.1. The third-order valence-electron chi connectivity index (χ3n) is 2.56. The van der Waals surface area contributed by atoms with E-state index in [1.165, 1.54) is 16.8 Å². The second-order valence-corrected chi connectivity index (χ2v) is 4.20. The van der Waals surface area contributed by atoms with Crippen LogP contribution in [0.5, 0.6) is 5.75 Å². The van der Waals surface area contributed by atoms with Crippen LogP contribution in [0.25, 0.3) is 0 Å². The number of hydrogen-bond donors (Lipinski definition) is 1. The molecule has 0 saturated carbocycles. The molecule has 3 heteroatoms. The van der Waals surface area contributed by atoms with Crippen LogP contribution in [0, 0.1) is 13.8 Å². The Hall–Kier alpha value is -0.830. The Kier molecular flexibility index (Phi) is 4.33. The summed E-state index contributed by atoms with van der Waals surface area (Å²) in [5, 5.41) is 0. The predicted octanol–water partition coefficient (Wildman–Crippen LogP) is 2.68. The summed E-state index contributed by atoms with van der Waals surface area (Å²) in [5.41, 5.74) is 3.66. The minimum Gasteiger partial charge on any atom is -0.496 e. The number of thiol groups is 1. The lowest BCUT2D eigenvalue weighted by Gasteiger charge is -2.22. The van der Waals surface area contributed by atoms with Gasteiger partial charge in [0.25, 0.3) is 0 Å². The first-order valence-electron chi connectivity index (χ1n) is 5.07.